The van der Waals surface area contributed by atoms with Crippen LogP contribution < -0.4 is 24.9 Å². The third-order valence-electron chi connectivity index (χ3n) is 13.8. The van der Waals surface area contributed by atoms with E-state index in [9.17, 15) is 34.8 Å². The van der Waals surface area contributed by atoms with Gasteiger partial charge in [0.05, 0.1) is 18.1 Å². The Morgan fingerprint density at radius 2 is 1.34 bits per heavy atom. The van der Waals surface area contributed by atoms with Crippen LogP contribution in [-0.4, -0.2) is 53.0 Å². The number of aromatic nitrogens is 2. The van der Waals surface area contributed by atoms with Gasteiger partial charge in [-0.05, 0) is 113 Å². The van der Waals surface area contributed by atoms with Crippen molar-refractivity contribution < 1.29 is 48.2 Å². The second-order valence-corrected chi connectivity index (χ2v) is 19.3. The summed E-state index contributed by atoms with van der Waals surface area (Å²) in [5, 5.41) is 47.8. The second kappa shape index (κ2) is 21.7. The van der Waals surface area contributed by atoms with E-state index in [4.69, 9.17) is 13.6 Å². The maximum Gasteiger partial charge on any atom is 0.339 e. The minimum atomic E-state index is -1.34. The van der Waals surface area contributed by atoms with Crippen LogP contribution in [-0.2, 0) is 13.5 Å². The number of carboxylic acids is 2. The number of pyridine rings is 1. The Balaban J connectivity index is 0.000000144. The van der Waals surface area contributed by atoms with E-state index in [1.807, 2.05) is 19.9 Å². The summed E-state index contributed by atoms with van der Waals surface area (Å²) in [6.45, 7) is 8.43. The van der Waals surface area contributed by atoms with Crippen LogP contribution in [0.25, 0.3) is 72.2 Å². The van der Waals surface area contributed by atoms with Crippen LogP contribution in [0.2, 0.25) is 0 Å². The molecule has 11 aromatic rings. The van der Waals surface area contributed by atoms with Gasteiger partial charge in [0, 0.05) is 95.9 Å². The molecule has 0 radical (unpaired) electrons. The molecular weight excluding hydrogens is 971 g/mol. The fraction of sp³-hybridized carbons (Fsp3) is 0.156. The third kappa shape index (κ3) is 10.4. The number of aryl methyl sites for hydroxylation is 2. The number of para-hydroxylation sites is 1. The van der Waals surface area contributed by atoms with Crippen molar-refractivity contribution >= 4 is 84.2 Å². The molecule has 0 saturated heterocycles. The van der Waals surface area contributed by atoms with Crippen LogP contribution in [0.5, 0.6) is 17.2 Å². The SMILES string of the molecule is COc1c(C(C)C)oc2cc3oc(=O)ccc3cc12.Cc1cc(C=Cc2ccc3cc(N(C)C)ccc3[n+]2C)c(C)n1-c1ccccc1.O=C(O)c1cc2ccccc2c(Cc2c(O)c(C(=O)O)cc3ccccc23)c1[O-]. The largest absolute Gasteiger partial charge is 0.872 e. The Labute approximate surface area is 444 Å². The number of benzene rings is 7. The zero-order valence-corrected chi connectivity index (χ0v) is 43.9. The Kier molecular flexibility index (Phi) is 14.7. The zero-order chi connectivity index (χ0) is 54.8. The number of fused-ring (bicyclic) bond motifs is 5. The van der Waals surface area contributed by atoms with E-state index < -0.39 is 23.4 Å². The zero-order valence-electron chi connectivity index (χ0n) is 43.9. The summed E-state index contributed by atoms with van der Waals surface area (Å²) in [5.74, 6) is -1.94. The molecule has 0 spiro atoms. The van der Waals surface area contributed by atoms with Crippen LogP contribution in [0.1, 0.15) is 80.0 Å². The summed E-state index contributed by atoms with van der Waals surface area (Å²) >= 11 is 0. The van der Waals surface area contributed by atoms with Gasteiger partial charge in [-0.2, -0.15) is 4.57 Å². The Morgan fingerprint density at radius 3 is 1.99 bits per heavy atom. The standard InChI is InChI=1S/C26H28N3.C23H16O6.C15H14O4/c1-19-17-21(20(2)29(19)24-9-7-6-8-10-24)11-13-23-14-12-22-18-25(27(3)4)15-16-26(22)28(23)5;24-20-16(14-7-3-1-5-12(14)9-18(20)22(26)27)11-17-15-8-4-2-6-13(15)10-19(21(17)25)23(28)29;1-8(2)14-15(17-3)10-6-9-4-5-13(16)18-11(9)7-12(10)19-14/h6-18H,1-5H3;1-10,24-25H,11H2,(H,26,27)(H,28,29);4-8H,1-3H3/q+1;;/p-1. The number of hydrogen-bond acceptors (Lipinski definition) is 9. The molecule has 4 heterocycles. The van der Waals surface area contributed by atoms with Gasteiger partial charge in [0.25, 0.3) is 0 Å². The predicted molar refractivity (Wildman–Crippen MR) is 302 cm³/mol. The number of hydrogen-bond donors (Lipinski definition) is 3. The van der Waals surface area contributed by atoms with E-state index in [0.29, 0.717) is 32.7 Å². The van der Waals surface area contributed by atoms with Gasteiger partial charge in [0.15, 0.2) is 5.75 Å². The lowest BCUT2D eigenvalue weighted by atomic mass is 9.90. The molecule has 0 aliphatic rings. The molecule has 0 unspecified atom stereocenters. The van der Waals surface area contributed by atoms with Crippen LogP contribution in [0.3, 0.4) is 0 Å². The monoisotopic (exact) mass is 1030 g/mol. The molecule has 0 saturated carbocycles. The van der Waals surface area contributed by atoms with E-state index in [2.05, 4.69) is 128 Å². The summed E-state index contributed by atoms with van der Waals surface area (Å²) < 4.78 is 21.0. The maximum atomic E-state index is 12.9. The highest BCUT2D eigenvalue weighted by molar-refractivity contribution is 6.02. The first-order chi connectivity index (χ1) is 36.9. The maximum absolute atomic E-state index is 12.9. The summed E-state index contributed by atoms with van der Waals surface area (Å²) in [7, 11) is 7.91. The van der Waals surface area contributed by atoms with Crippen molar-refractivity contribution in [2.24, 2.45) is 7.05 Å². The summed E-state index contributed by atoms with van der Waals surface area (Å²) in [6.07, 6.45) is 4.32. The van der Waals surface area contributed by atoms with Gasteiger partial charge in [-0.3, -0.25) is 0 Å². The highest BCUT2D eigenvalue weighted by Crippen LogP contribution is 2.40. The summed E-state index contributed by atoms with van der Waals surface area (Å²) in [6, 6.07) is 47.1. The first-order valence-corrected chi connectivity index (χ1v) is 24.9. The van der Waals surface area contributed by atoms with Crippen LogP contribution >= 0.6 is 0 Å². The number of carbonyl (C=O) groups is 2. The summed E-state index contributed by atoms with van der Waals surface area (Å²) in [5.41, 5.74) is 9.22. The van der Waals surface area contributed by atoms with Gasteiger partial charge < -0.3 is 43.5 Å². The smallest absolute Gasteiger partial charge is 0.339 e. The molecule has 0 fully saturated rings. The molecule has 13 nitrogen and oxygen atoms in total. The summed E-state index contributed by atoms with van der Waals surface area (Å²) in [4.78, 5) is 36.5. The molecule has 4 aromatic heterocycles. The van der Waals surface area contributed by atoms with Crippen LogP contribution in [0, 0.1) is 13.8 Å². The van der Waals surface area contributed by atoms with Crippen molar-refractivity contribution in [1.29, 1.82) is 0 Å². The molecule has 0 amide bonds. The van der Waals surface area contributed by atoms with Gasteiger partial charge in [-0.15, -0.1) is 0 Å². The first-order valence-electron chi connectivity index (χ1n) is 24.9. The van der Waals surface area contributed by atoms with E-state index in [-0.39, 0.29) is 40.2 Å². The van der Waals surface area contributed by atoms with Crippen LogP contribution in [0.15, 0.2) is 165 Å². The second-order valence-electron chi connectivity index (χ2n) is 19.3. The van der Waals surface area contributed by atoms with Crippen molar-refractivity contribution in [3.63, 3.8) is 0 Å². The molecule has 388 valence electrons. The van der Waals surface area contributed by atoms with Gasteiger partial charge in [0.2, 0.25) is 11.2 Å². The van der Waals surface area contributed by atoms with E-state index >= 15 is 0 Å². The van der Waals surface area contributed by atoms with E-state index in [1.165, 1.54) is 63.1 Å². The molecule has 0 bridgehead atoms. The quantitative estimate of drug-likeness (QED) is 0.0875. The highest BCUT2D eigenvalue weighted by atomic mass is 16.5. The lowest BCUT2D eigenvalue weighted by Gasteiger charge is -2.21. The number of rotatable bonds is 10. The van der Waals surface area contributed by atoms with Gasteiger partial charge in [0.1, 0.15) is 35.3 Å². The number of ether oxygens (including phenoxy) is 1. The number of phenols is 1. The van der Waals surface area contributed by atoms with Crippen molar-refractivity contribution in [3.8, 4) is 22.9 Å². The molecule has 0 aliphatic carbocycles. The Morgan fingerprint density at radius 1 is 0.701 bits per heavy atom. The third-order valence-corrected chi connectivity index (χ3v) is 13.8. The lowest BCUT2D eigenvalue weighted by Crippen LogP contribution is -2.32. The van der Waals surface area contributed by atoms with Crippen molar-refractivity contribution in [2.75, 3.05) is 26.1 Å². The fourth-order valence-corrected chi connectivity index (χ4v) is 9.87. The van der Waals surface area contributed by atoms with Crippen LogP contribution in [0.4, 0.5) is 5.69 Å². The average Bonchev–Trinajstić information content (AvgIpc) is 3.95. The molecule has 77 heavy (non-hydrogen) atoms. The van der Waals surface area contributed by atoms with E-state index in [1.54, 1.807) is 67.8 Å². The van der Waals surface area contributed by atoms with Crippen molar-refractivity contribution in [1.82, 2.24) is 4.57 Å². The minimum Gasteiger partial charge on any atom is -0.872 e. The molecule has 7 aromatic carbocycles. The molecule has 0 aliphatic heterocycles. The number of aromatic carboxylic acids is 2. The van der Waals surface area contributed by atoms with Crippen molar-refractivity contribution in [3.05, 3.63) is 213 Å². The van der Waals surface area contributed by atoms with Gasteiger partial charge in [-0.25, -0.2) is 14.4 Å². The normalized spacial score (nSPS) is 11.3. The predicted octanol–water partition coefficient (Wildman–Crippen LogP) is 12.7. The van der Waals surface area contributed by atoms with E-state index in [0.717, 1.165) is 22.3 Å². The lowest BCUT2D eigenvalue weighted by molar-refractivity contribution is -0.646. The molecule has 3 N–H and O–H groups in total. The fourth-order valence-electron chi connectivity index (χ4n) is 9.87. The molecule has 13 heteroatoms. The minimum absolute atomic E-state index is 0.103. The number of carboxylic acid groups (broad SMARTS) is 2. The number of aromatic hydroxyl groups is 1. The van der Waals surface area contributed by atoms with Crippen molar-refractivity contribution in [2.45, 2.75) is 40.0 Å². The highest BCUT2D eigenvalue weighted by Gasteiger charge is 2.22. The number of nitrogens with zero attached hydrogens (tertiary/aromatic N) is 3. The van der Waals surface area contributed by atoms with Gasteiger partial charge in [-0.1, -0.05) is 86.3 Å². The first kappa shape index (κ1) is 52.3. The number of methoxy groups -OCH3 is 1. The molecular formula is C64H57N3O10. The average molecular weight is 1030 g/mol. The molecule has 11 rings (SSSR count). The van der Waals surface area contributed by atoms with Gasteiger partial charge >= 0.3 is 17.6 Å². The topological polar surface area (TPSA) is 183 Å². The Bertz CT molecular complexity index is 4060. The molecule has 0 atom stereocenters. The number of anilines is 1. The number of furan rings is 1. The Hall–Kier alpha value is -9.62.